The minimum atomic E-state index is 0.911. The first-order chi connectivity index (χ1) is 6.88. The molecule has 0 aliphatic carbocycles. The maximum absolute atomic E-state index is 3.86. The van der Waals surface area contributed by atoms with Crippen molar-refractivity contribution in [1.82, 2.24) is 10.2 Å². The molecule has 0 radical (unpaired) electrons. The van der Waals surface area contributed by atoms with Gasteiger partial charge in [0, 0.05) is 11.8 Å². The molecular weight excluding hydrogens is 174 g/mol. The van der Waals surface area contributed by atoms with Crippen LogP contribution in [0.25, 0.3) is 0 Å². The highest BCUT2D eigenvalue weighted by Crippen LogP contribution is 2.14. The quantitative estimate of drug-likeness (QED) is 0.775. The van der Waals surface area contributed by atoms with E-state index in [0.29, 0.717) is 0 Å². The molecular formula is C11H13N3. The van der Waals surface area contributed by atoms with Crippen molar-refractivity contribution in [3.8, 4) is 0 Å². The van der Waals surface area contributed by atoms with Crippen LogP contribution in [0, 0.1) is 0 Å². The first-order valence-corrected chi connectivity index (χ1v) is 4.74. The highest BCUT2D eigenvalue weighted by atomic mass is 15.2. The summed E-state index contributed by atoms with van der Waals surface area (Å²) in [6.07, 6.45) is 2.80. The van der Waals surface area contributed by atoms with Gasteiger partial charge in [-0.15, -0.1) is 0 Å². The van der Waals surface area contributed by atoms with Crippen molar-refractivity contribution in [2.75, 3.05) is 5.32 Å². The lowest BCUT2D eigenvalue weighted by Gasteiger charge is -2.03. The fourth-order valence-corrected chi connectivity index (χ4v) is 1.30. The van der Waals surface area contributed by atoms with Gasteiger partial charge in [-0.3, -0.25) is 5.10 Å². The number of nitrogens with one attached hydrogen (secondary N) is 2. The van der Waals surface area contributed by atoms with Crippen molar-refractivity contribution < 1.29 is 0 Å². The van der Waals surface area contributed by atoms with E-state index in [1.807, 2.05) is 6.07 Å². The average Bonchev–Trinajstić information content (AvgIpc) is 2.72. The van der Waals surface area contributed by atoms with Crippen molar-refractivity contribution in [3.63, 3.8) is 0 Å². The number of H-pyrrole nitrogens is 1. The van der Waals surface area contributed by atoms with Gasteiger partial charge >= 0.3 is 0 Å². The van der Waals surface area contributed by atoms with E-state index in [9.17, 15) is 0 Å². The first-order valence-electron chi connectivity index (χ1n) is 4.74. The Labute approximate surface area is 83.2 Å². The van der Waals surface area contributed by atoms with Crippen LogP contribution in [0.1, 0.15) is 12.5 Å². The normalized spacial score (nSPS) is 10.1. The topological polar surface area (TPSA) is 40.7 Å². The molecule has 14 heavy (non-hydrogen) atoms. The molecule has 2 aromatic rings. The zero-order chi connectivity index (χ0) is 9.80. The smallest absolute Gasteiger partial charge is 0.125 e. The molecule has 0 saturated heterocycles. The Morgan fingerprint density at radius 1 is 1.21 bits per heavy atom. The summed E-state index contributed by atoms with van der Waals surface area (Å²) in [6, 6.07) is 10.3. The monoisotopic (exact) mass is 187 g/mol. The summed E-state index contributed by atoms with van der Waals surface area (Å²) in [5.41, 5.74) is 2.42. The van der Waals surface area contributed by atoms with E-state index in [0.717, 1.165) is 17.9 Å². The van der Waals surface area contributed by atoms with Crippen LogP contribution in [0.4, 0.5) is 11.5 Å². The summed E-state index contributed by atoms with van der Waals surface area (Å²) >= 11 is 0. The van der Waals surface area contributed by atoms with Gasteiger partial charge in [0.15, 0.2) is 0 Å². The lowest BCUT2D eigenvalue weighted by atomic mass is 10.1. The molecule has 0 atom stereocenters. The Morgan fingerprint density at radius 2 is 2.00 bits per heavy atom. The van der Waals surface area contributed by atoms with Crippen LogP contribution in [0.2, 0.25) is 0 Å². The molecule has 0 saturated carbocycles. The molecule has 0 bridgehead atoms. The van der Waals surface area contributed by atoms with E-state index in [-0.39, 0.29) is 0 Å². The van der Waals surface area contributed by atoms with Crippen molar-refractivity contribution in [3.05, 3.63) is 42.1 Å². The fourth-order valence-electron chi connectivity index (χ4n) is 1.30. The summed E-state index contributed by atoms with van der Waals surface area (Å²) < 4.78 is 0. The van der Waals surface area contributed by atoms with Crippen LogP contribution in [-0.2, 0) is 6.42 Å². The Hall–Kier alpha value is -1.77. The summed E-state index contributed by atoms with van der Waals surface area (Å²) in [4.78, 5) is 0. The van der Waals surface area contributed by atoms with Crippen molar-refractivity contribution in [2.24, 2.45) is 0 Å². The molecule has 3 nitrogen and oxygen atoms in total. The van der Waals surface area contributed by atoms with E-state index in [1.54, 1.807) is 6.20 Å². The number of rotatable bonds is 3. The van der Waals surface area contributed by atoms with E-state index in [2.05, 4.69) is 46.7 Å². The van der Waals surface area contributed by atoms with Gasteiger partial charge in [-0.25, -0.2) is 0 Å². The van der Waals surface area contributed by atoms with Gasteiger partial charge in [-0.1, -0.05) is 19.1 Å². The molecule has 0 aliphatic rings. The third-order valence-electron chi connectivity index (χ3n) is 2.14. The lowest BCUT2D eigenvalue weighted by Crippen LogP contribution is -1.90. The zero-order valence-electron chi connectivity index (χ0n) is 8.12. The summed E-state index contributed by atoms with van der Waals surface area (Å²) in [7, 11) is 0. The molecule has 0 aliphatic heterocycles. The van der Waals surface area contributed by atoms with E-state index < -0.39 is 0 Å². The summed E-state index contributed by atoms with van der Waals surface area (Å²) in [5.74, 6) is 0.911. The highest BCUT2D eigenvalue weighted by molar-refractivity contribution is 5.55. The second kappa shape index (κ2) is 3.96. The van der Waals surface area contributed by atoms with E-state index in [4.69, 9.17) is 0 Å². The Morgan fingerprint density at radius 3 is 2.57 bits per heavy atom. The first kappa shape index (κ1) is 8.81. The number of aryl methyl sites for hydroxylation is 1. The number of aromatic amines is 1. The van der Waals surface area contributed by atoms with Crippen molar-refractivity contribution in [2.45, 2.75) is 13.3 Å². The Balaban J connectivity index is 2.10. The van der Waals surface area contributed by atoms with Crippen LogP contribution in [0.5, 0.6) is 0 Å². The largest absolute Gasteiger partial charge is 0.341 e. The molecule has 2 N–H and O–H groups in total. The SMILES string of the molecule is CCc1ccc(Nc2ccn[nH]2)cc1. The van der Waals surface area contributed by atoms with Gasteiger partial charge in [0.25, 0.3) is 0 Å². The molecule has 1 heterocycles. The van der Waals surface area contributed by atoms with Gasteiger partial charge in [-0.05, 0) is 24.1 Å². The third-order valence-corrected chi connectivity index (χ3v) is 2.14. The zero-order valence-corrected chi connectivity index (χ0v) is 8.12. The second-order valence-corrected chi connectivity index (χ2v) is 3.15. The van der Waals surface area contributed by atoms with Gasteiger partial charge in [0.2, 0.25) is 0 Å². The van der Waals surface area contributed by atoms with Crippen LogP contribution in [0.3, 0.4) is 0 Å². The van der Waals surface area contributed by atoms with Crippen LogP contribution in [-0.4, -0.2) is 10.2 Å². The summed E-state index contributed by atoms with van der Waals surface area (Å²) in [5, 5.41) is 9.93. The van der Waals surface area contributed by atoms with E-state index in [1.165, 1.54) is 5.56 Å². The van der Waals surface area contributed by atoms with Crippen molar-refractivity contribution in [1.29, 1.82) is 0 Å². The molecule has 1 aromatic carbocycles. The summed E-state index contributed by atoms with van der Waals surface area (Å²) in [6.45, 7) is 2.15. The van der Waals surface area contributed by atoms with Crippen molar-refractivity contribution >= 4 is 11.5 Å². The number of hydrogen-bond donors (Lipinski definition) is 2. The predicted molar refractivity (Wildman–Crippen MR) is 57.7 cm³/mol. The number of hydrogen-bond acceptors (Lipinski definition) is 2. The van der Waals surface area contributed by atoms with Crippen LogP contribution >= 0.6 is 0 Å². The Kier molecular flexibility index (Phi) is 2.49. The fraction of sp³-hybridized carbons (Fsp3) is 0.182. The van der Waals surface area contributed by atoms with Gasteiger partial charge < -0.3 is 5.32 Å². The molecule has 0 unspecified atom stereocenters. The average molecular weight is 187 g/mol. The van der Waals surface area contributed by atoms with Gasteiger partial charge in [-0.2, -0.15) is 5.10 Å². The molecule has 1 aromatic heterocycles. The minimum absolute atomic E-state index is 0.911. The molecule has 72 valence electrons. The Bertz CT molecular complexity index is 375. The minimum Gasteiger partial charge on any atom is -0.341 e. The lowest BCUT2D eigenvalue weighted by molar-refractivity contribution is 1.09. The molecule has 3 heteroatoms. The third kappa shape index (κ3) is 1.93. The van der Waals surface area contributed by atoms with E-state index >= 15 is 0 Å². The number of benzene rings is 1. The number of nitrogens with zero attached hydrogens (tertiary/aromatic N) is 1. The molecule has 2 rings (SSSR count). The number of anilines is 2. The number of aromatic nitrogens is 2. The van der Waals surface area contributed by atoms with Gasteiger partial charge in [0.05, 0.1) is 6.20 Å². The standard InChI is InChI=1S/C11H13N3/c1-2-9-3-5-10(6-4-9)13-11-7-8-12-14-11/h3-8H,2H2,1H3,(H2,12,13,14). The maximum atomic E-state index is 3.86. The second-order valence-electron chi connectivity index (χ2n) is 3.15. The molecule has 0 fully saturated rings. The predicted octanol–water partition coefficient (Wildman–Crippen LogP) is 2.72. The molecule has 0 amide bonds. The maximum Gasteiger partial charge on any atom is 0.125 e. The van der Waals surface area contributed by atoms with Crippen LogP contribution in [0.15, 0.2) is 36.5 Å². The molecule has 0 spiro atoms. The van der Waals surface area contributed by atoms with Crippen LogP contribution < -0.4 is 5.32 Å². The highest BCUT2D eigenvalue weighted by Gasteiger charge is 1.94. The van der Waals surface area contributed by atoms with Gasteiger partial charge in [0.1, 0.15) is 5.82 Å².